The van der Waals surface area contributed by atoms with Crippen LogP contribution >= 0.6 is 0 Å². The highest BCUT2D eigenvalue weighted by Gasteiger charge is 2.40. The van der Waals surface area contributed by atoms with Crippen molar-refractivity contribution >= 4 is 13.3 Å². The predicted molar refractivity (Wildman–Crippen MR) is 56.5 cm³/mol. The van der Waals surface area contributed by atoms with Gasteiger partial charge in [0, 0.05) is 0 Å². The van der Waals surface area contributed by atoms with Crippen molar-refractivity contribution in [3.63, 3.8) is 0 Å². The average molecular weight is 176 g/mol. The largest absolute Gasteiger partial charge is 0.0908 e. The van der Waals surface area contributed by atoms with E-state index < -0.39 is 8.07 Å². The van der Waals surface area contributed by atoms with Crippen LogP contribution in [-0.2, 0) is 6.04 Å². The molecule has 0 amide bonds. The predicted octanol–water partition coefficient (Wildman–Crippen LogP) is 2.48. The van der Waals surface area contributed by atoms with Crippen molar-refractivity contribution in [2.45, 2.75) is 32.0 Å². The van der Waals surface area contributed by atoms with E-state index in [1.54, 1.807) is 10.8 Å². The van der Waals surface area contributed by atoms with Gasteiger partial charge < -0.3 is 0 Å². The minimum Gasteiger partial charge on any atom is -0.0675 e. The molecular weight excluding hydrogens is 160 g/mol. The van der Waals surface area contributed by atoms with Gasteiger partial charge in [0.2, 0.25) is 0 Å². The van der Waals surface area contributed by atoms with Gasteiger partial charge in [0.1, 0.15) is 0 Å². The summed E-state index contributed by atoms with van der Waals surface area (Å²) in [5.74, 6) is 0. The molecule has 1 aliphatic heterocycles. The molecule has 0 radical (unpaired) electrons. The van der Waals surface area contributed by atoms with Gasteiger partial charge in [-0.3, -0.25) is 0 Å². The molecule has 1 aliphatic rings. The Kier molecular flexibility index (Phi) is 1.84. The maximum Gasteiger partial charge on any atom is 0.0908 e. The zero-order chi connectivity index (χ0) is 8.60. The van der Waals surface area contributed by atoms with E-state index in [2.05, 4.69) is 38.1 Å². The van der Waals surface area contributed by atoms with Gasteiger partial charge in [-0.2, -0.15) is 0 Å². The highest BCUT2D eigenvalue weighted by molar-refractivity contribution is 6.95. The van der Waals surface area contributed by atoms with Gasteiger partial charge in [0.05, 0.1) is 8.07 Å². The molecule has 0 atom stereocenters. The van der Waals surface area contributed by atoms with E-state index in [0.29, 0.717) is 0 Å². The standard InChI is InChI=1S/C11H16Si/c1-3-12(4-2)9-10-7-5-6-8-11(10)12/h5-8H,3-4,9H2,1-2H3. The first-order chi connectivity index (χ1) is 5.82. The molecule has 0 bridgehead atoms. The molecule has 0 fully saturated rings. The van der Waals surface area contributed by atoms with E-state index >= 15 is 0 Å². The highest BCUT2D eigenvalue weighted by atomic mass is 28.3. The quantitative estimate of drug-likeness (QED) is 0.607. The SMILES string of the molecule is CC[Si]1(CC)Cc2ccccc21. The van der Waals surface area contributed by atoms with Crippen molar-refractivity contribution < 1.29 is 0 Å². The maximum atomic E-state index is 2.37. The fourth-order valence-electron chi connectivity index (χ4n) is 2.43. The first kappa shape index (κ1) is 8.05. The number of hydrogen-bond donors (Lipinski definition) is 0. The molecule has 1 heterocycles. The van der Waals surface area contributed by atoms with Gasteiger partial charge >= 0.3 is 0 Å². The van der Waals surface area contributed by atoms with Crippen molar-refractivity contribution in [1.29, 1.82) is 0 Å². The van der Waals surface area contributed by atoms with Crippen LogP contribution in [0, 0.1) is 0 Å². The molecular formula is C11H16Si. The third-order valence-electron chi connectivity index (χ3n) is 3.47. The van der Waals surface area contributed by atoms with Crippen LogP contribution in [0.1, 0.15) is 19.4 Å². The molecule has 0 spiro atoms. The second-order valence-corrected chi connectivity index (χ2v) is 8.69. The maximum absolute atomic E-state index is 2.37. The van der Waals surface area contributed by atoms with Gasteiger partial charge in [-0.15, -0.1) is 0 Å². The average Bonchev–Trinajstić information content (AvgIpc) is 2.09. The van der Waals surface area contributed by atoms with Gasteiger partial charge in [-0.05, 0) is 6.04 Å². The Morgan fingerprint density at radius 2 is 1.83 bits per heavy atom. The fourth-order valence-corrected chi connectivity index (χ4v) is 6.42. The molecule has 1 aromatic rings. The molecule has 0 aromatic heterocycles. The monoisotopic (exact) mass is 176 g/mol. The van der Waals surface area contributed by atoms with Crippen LogP contribution < -0.4 is 5.19 Å². The van der Waals surface area contributed by atoms with Crippen LogP contribution in [0.15, 0.2) is 24.3 Å². The Bertz CT molecular complexity index is 287. The van der Waals surface area contributed by atoms with E-state index in [4.69, 9.17) is 0 Å². The molecule has 64 valence electrons. The van der Waals surface area contributed by atoms with E-state index in [-0.39, 0.29) is 0 Å². The highest BCUT2D eigenvalue weighted by Crippen LogP contribution is 2.29. The van der Waals surface area contributed by atoms with E-state index in [1.165, 1.54) is 18.1 Å². The number of hydrogen-bond acceptors (Lipinski definition) is 0. The third-order valence-corrected chi connectivity index (χ3v) is 8.87. The molecule has 0 unspecified atom stereocenters. The topological polar surface area (TPSA) is 0 Å². The summed E-state index contributed by atoms with van der Waals surface area (Å²) in [5.41, 5.74) is 1.63. The second-order valence-electron chi connectivity index (χ2n) is 3.82. The van der Waals surface area contributed by atoms with Crippen LogP contribution in [0.4, 0.5) is 0 Å². The fraction of sp³-hybridized carbons (Fsp3) is 0.455. The Balaban J connectivity index is 2.39. The van der Waals surface area contributed by atoms with Gasteiger partial charge in [-0.1, -0.05) is 61.0 Å². The zero-order valence-corrected chi connectivity index (χ0v) is 8.93. The summed E-state index contributed by atoms with van der Waals surface area (Å²) in [6, 6.07) is 13.3. The van der Waals surface area contributed by atoms with Crippen LogP contribution in [0.25, 0.3) is 0 Å². The van der Waals surface area contributed by atoms with Crippen LogP contribution in [-0.4, -0.2) is 8.07 Å². The van der Waals surface area contributed by atoms with Crippen molar-refractivity contribution in [1.82, 2.24) is 0 Å². The Morgan fingerprint density at radius 1 is 1.17 bits per heavy atom. The summed E-state index contributed by atoms with van der Waals surface area (Å²) in [5, 5.41) is 1.75. The lowest BCUT2D eigenvalue weighted by molar-refractivity contribution is 1.13. The minimum absolute atomic E-state index is 0.911. The summed E-state index contributed by atoms with van der Waals surface area (Å²) in [6.07, 6.45) is 0. The number of rotatable bonds is 2. The molecule has 12 heavy (non-hydrogen) atoms. The van der Waals surface area contributed by atoms with Gasteiger partial charge in [-0.25, -0.2) is 0 Å². The summed E-state index contributed by atoms with van der Waals surface area (Å²) >= 11 is 0. The molecule has 0 N–H and O–H groups in total. The lowest BCUT2D eigenvalue weighted by Crippen LogP contribution is -2.59. The van der Waals surface area contributed by atoms with Crippen molar-refractivity contribution in [3.8, 4) is 0 Å². The Morgan fingerprint density at radius 3 is 2.42 bits per heavy atom. The van der Waals surface area contributed by atoms with Crippen molar-refractivity contribution in [2.75, 3.05) is 0 Å². The van der Waals surface area contributed by atoms with Gasteiger partial charge in [0.15, 0.2) is 0 Å². The van der Waals surface area contributed by atoms with Crippen molar-refractivity contribution in [3.05, 3.63) is 29.8 Å². The summed E-state index contributed by atoms with van der Waals surface area (Å²) in [4.78, 5) is 0. The van der Waals surface area contributed by atoms with Crippen molar-refractivity contribution in [2.24, 2.45) is 0 Å². The molecule has 1 aromatic carbocycles. The van der Waals surface area contributed by atoms with E-state index in [9.17, 15) is 0 Å². The van der Waals surface area contributed by atoms with Crippen LogP contribution in [0.3, 0.4) is 0 Å². The molecule has 2 rings (SSSR count). The first-order valence-electron chi connectivity index (χ1n) is 4.91. The smallest absolute Gasteiger partial charge is 0.0675 e. The van der Waals surface area contributed by atoms with Gasteiger partial charge in [0.25, 0.3) is 0 Å². The Hall–Kier alpha value is -0.563. The normalized spacial score (nSPS) is 18.2. The molecule has 1 heteroatoms. The molecule has 0 aliphatic carbocycles. The summed E-state index contributed by atoms with van der Waals surface area (Å²) < 4.78 is 0. The number of benzene rings is 1. The third kappa shape index (κ3) is 0.892. The lowest BCUT2D eigenvalue weighted by atomic mass is 10.2. The molecule has 0 saturated carbocycles. The molecule has 0 saturated heterocycles. The van der Waals surface area contributed by atoms with Crippen LogP contribution in [0.5, 0.6) is 0 Å². The zero-order valence-electron chi connectivity index (χ0n) is 7.93. The van der Waals surface area contributed by atoms with Crippen LogP contribution in [0.2, 0.25) is 12.1 Å². The van der Waals surface area contributed by atoms with E-state index in [0.717, 1.165) is 0 Å². The number of fused-ring (bicyclic) bond motifs is 1. The summed E-state index contributed by atoms with van der Waals surface area (Å²) in [7, 11) is -0.911. The Labute approximate surface area is 75.6 Å². The lowest BCUT2D eigenvalue weighted by Gasteiger charge is -2.41. The second kappa shape index (κ2) is 2.73. The first-order valence-corrected chi connectivity index (χ1v) is 7.53. The minimum atomic E-state index is -0.911. The summed E-state index contributed by atoms with van der Waals surface area (Å²) in [6.45, 7) is 4.73. The van der Waals surface area contributed by atoms with E-state index in [1.807, 2.05) is 0 Å². The molecule has 0 nitrogen and oxygen atoms in total.